The van der Waals surface area contributed by atoms with Crippen LogP contribution in [0.2, 0.25) is 0 Å². The number of allylic oxidation sites excluding steroid dienone is 2. The first kappa shape index (κ1) is 23.6. The van der Waals surface area contributed by atoms with Gasteiger partial charge in [-0.2, -0.15) is 18.4 Å². The number of hydrogen-bond acceptors (Lipinski definition) is 4. The van der Waals surface area contributed by atoms with Crippen LogP contribution < -0.4 is 4.74 Å². The monoisotopic (exact) mass is 467 g/mol. The number of nitrogens with zero attached hydrogens (tertiary/aromatic N) is 1. The summed E-state index contributed by atoms with van der Waals surface area (Å²) < 4.78 is 62.1. The van der Waals surface area contributed by atoms with Gasteiger partial charge in [0.05, 0.1) is 5.92 Å². The second-order valence-electron chi connectivity index (χ2n) is 7.91. The fraction of sp³-hybridized carbons (Fsp3) is 0.304. The van der Waals surface area contributed by atoms with Gasteiger partial charge in [0.15, 0.2) is 0 Å². The number of halogens is 5. The quantitative estimate of drug-likeness (QED) is 0.351. The molecule has 0 N–H and O–H groups in total. The van der Waals surface area contributed by atoms with E-state index in [-0.39, 0.29) is 0 Å². The Morgan fingerprint density at radius 2 is 1.84 bits per heavy atom. The lowest BCUT2D eigenvalue weighted by Gasteiger charge is -2.13. The van der Waals surface area contributed by atoms with Gasteiger partial charge in [-0.1, -0.05) is 43.7 Å². The Morgan fingerprint density at radius 3 is 2.44 bits per heavy atom. The zero-order valence-electron chi connectivity index (χ0n) is 17.0. The molecule has 0 aliphatic heterocycles. The molecule has 1 aliphatic rings. The number of ether oxygens (including phenoxy) is 2. The summed E-state index contributed by atoms with van der Waals surface area (Å²) in [6.07, 6.45) is -5.18. The molecule has 0 heterocycles. The molecule has 0 unspecified atom stereocenters. The van der Waals surface area contributed by atoms with E-state index in [9.17, 15) is 27.6 Å². The van der Waals surface area contributed by atoms with Crippen molar-refractivity contribution < 1.29 is 31.8 Å². The second-order valence-corrected chi connectivity index (χ2v) is 8.32. The van der Waals surface area contributed by atoms with Gasteiger partial charge in [-0.15, -0.1) is 0 Å². The third kappa shape index (κ3) is 5.22. The summed E-state index contributed by atoms with van der Waals surface area (Å²) in [5, 5.41) is 8.20. The SMILES string of the molecule is CC1(C)[C@H](C(=O)O[C@@H](C#N)c2cccc(Oc3ccc(F)cc3)c2)[C@@H]1/C=C(\Cl)C(F)(F)F. The maximum absolute atomic E-state index is 13.0. The fourth-order valence-electron chi connectivity index (χ4n) is 3.43. The lowest BCUT2D eigenvalue weighted by molar-refractivity contribution is -0.149. The summed E-state index contributed by atoms with van der Waals surface area (Å²) >= 11 is 5.31. The average molecular weight is 468 g/mol. The summed E-state index contributed by atoms with van der Waals surface area (Å²) in [6, 6.07) is 13.4. The maximum atomic E-state index is 13.0. The highest BCUT2D eigenvalue weighted by atomic mass is 35.5. The lowest BCUT2D eigenvalue weighted by atomic mass is 10.1. The van der Waals surface area contributed by atoms with Crippen molar-refractivity contribution in [3.8, 4) is 17.6 Å². The molecule has 0 spiro atoms. The third-order valence-electron chi connectivity index (χ3n) is 5.32. The molecule has 0 aromatic heterocycles. The maximum Gasteiger partial charge on any atom is 0.426 e. The summed E-state index contributed by atoms with van der Waals surface area (Å²) in [5.74, 6) is -2.15. The topological polar surface area (TPSA) is 59.3 Å². The van der Waals surface area contributed by atoms with Crippen molar-refractivity contribution in [2.75, 3.05) is 0 Å². The number of rotatable bonds is 6. The average Bonchev–Trinajstić information content (AvgIpc) is 3.27. The minimum atomic E-state index is -4.70. The van der Waals surface area contributed by atoms with Crippen LogP contribution in [0.4, 0.5) is 17.6 Å². The van der Waals surface area contributed by atoms with Crippen LogP contribution in [0.15, 0.2) is 59.6 Å². The molecule has 3 rings (SSSR count). The molecule has 2 aromatic carbocycles. The summed E-state index contributed by atoms with van der Waals surface area (Å²) in [6.45, 7) is 3.25. The molecule has 168 valence electrons. The van der Waals surface area contributed by atoms with Gasteiger partial charge < -0.3 is 9.47 Å². The highest BCUT2D eigenvalue weighted by molar-refractivity contribution is 6.30. The Kier molecular flexibility index (Phi) is 6.51. The van der Waals surface area contributed by atoms with Gasteiger partial charge in [0.1, 0.15) is 28.4 Å². The van der Waals surface area contributed by atoms with Crippen molar-refractivity contribution in [3.05, 3.63) is 71.0 Å². The van der Waals surface area contributed by atoms with E-state index >= 15 is 0 Å². The van der Waals surface area contributed by atoms with Gasteiger partial charge in [-0.3, -0.25) is 4.79 Å². The predicted octanol–water partition coefficient (Wildman–Crippen LogP) is 6.68. The summed E-state index contributed by atoms with van der Waals surface area (Å²) in [7, 11) is 0. The Balaban J connectivity index is 1.72. The Labute approximate surface area is 187 Å². The molecule has 0 bridgehead atoms. The van der Waals surface area contributed by atoms with E-state index in [0.717, 1.165) is 6.08 Å². The smallest absolute Gasteiger partial charge is 0.426 e. The van der Waals surface area contributed by atoms with Crippen LogP contribution in [0.25, 0.3) is 0 Å². The van der Waals surface area contributed by atoms with E-state index in [2.05, 4.69) is 0 Å². The summed E-state index contributed by atoms with van der Waals surface area (Å²) in [4.78, 5) is 12.6. The van der Waals surface area contributed by atoms with Crippen molar-refractivity contribution in [1.29, 1.82) is 5.26 Å². The third-order valence-corrected chi connectivity index (χ3v) is 5.66. The Morgan fingerprint density at radius 1 is 1.19 bits per heavy atom. The van der Waals surface area contributed by atoms with Crippen LogP contribution in [-0.4, -0.2) is 12.1 Å². The first-order valence-corrected chi connectivity index (χ1v) is 9.89. The van der Waals surface area contributed by atoms with Gasteiger partial charge in [-0.25, -0.2) is 4.39 Å². The van der Waals surface area contributed by atoms with Crippen LogP contribution in [0.1, 0.15) is 25.5 Å². The molecule has 1 fully saturated rings. The standard InChI is InChI=1S/C23H18ClF4NO3/c1-22(2)17(11-19(24)23(26,27)28)20(22)21(30)32-18(12-29)13-4-3-5-16(10-13)31-15-8-6-14(25)7-9-15/h3-11,17-18,20H,1-2H3/b19-11-/t17-,18-,20-/m0/s1. The van der Waals surface area contributed by atoms with Gasteiger partial charge in [0.25, 0.3) is 0 Å². The second kappa shape index (κ2) is 8.83. The largest absolute Gasteiger partial charge is 0.457 e. The number of benzene rings is 2. The molecule has 2 aromatic rings. The zero-order chi connectivity index (χ0) is 23.7. The molecule has 0 saturated heterocycles. The van der Waals surface area contributed by atoms with Crippen molar-refractivity contribution in [2.24, 2.45) is 17.3 Å². The molecule has 1 aliphatic carbocycles. The van der Waals surface area contributed by atoms with E-state index in [1.165, 1.54) is 30.3 Å². The molecule has 1 saturated carbocycles. The van der Waals surface area contributed by atoms with E-state index in [0.29, 0.717) is 17.1 Å². The first-order valence-electron chi connectivity index (χ1n) is 9.51. The highest BCUT2D eigenvalue weighted by Gasteiger charge is 2.62. The number of carbonyl (C=O) groups excluding carboxylic acids is 1. The first-order chi connectivity index (χ1) is 14.9. The van der Waals surface area contributed by atoms with Crippen LogP contribution >= 0.6 is 11.6 Å². The molecule has 0 amide bonds. The molecule has 4 nitrogen and oxygen atoms in total. The highest BCUT2D eigenvalue weighted by Crippen LogP contribution is 2.60. The van der Waals surface area contributed by atoms with Gasteiger partial charge in [0, 0.05) is 5.56 Å². The number of carbonyl (C=O) groups is 1. The number of hydrogen-bond donors (Lipinski definition) is 0. The lowest BCUT2D eigenvalue weighted by Crippen LogP contribution is -2.14. The predicted molar refractivity (Wildman–Crippen MR) is 108 cm³/mol. The Bertz CT molecular complexity index is 1070. The number of esters is 1. The molecule has 3 atom stereocenters. The van der Waals surface area contributed by atoms with Crippen LogP contribution in [0, 0.1) is 34.4 Å². The van der Waals surface area contributed by atoms with E-state index in [1.54, 1.807) is 32.0 Å². The van der Waals surface area contributed by atoms with Crippen LogP contribution in [0.5, 0.6) is 11.5 Å². The molecule has 32 heavy (non-hydrogen) atoms. The number of alkyl halides is 3. The number of nitriles is 1. The summed E-state index contributed by atoms with van der Waals surface area (Å²) in [5.41, 5.74) is -0.477. The normalized spacial score (nSPS) is 20.8. The Hall–Kier alpha value is -3.05. The van der Waals surface area contributed by atoms with Crippen molar-refractivity contribution >= 4 is 17.6 Å². The van der Waals surface area contributed by atoms with Crippen molar-refractivity contribution in [2.45, 2.75) is 26.1 Å². The molecular weight excluding hydrogens is 450 g/mol. The van der Waals surface area contributed by atoms with Gasteiger partial charge >= 0.3 is 12.1 Å². The zero-order valence-corrected chi connectivity index (χ0v) is 17.7. The van der Waals surface area contributed by atoms with Crippen LogP contribution in [-0.2, 0) is 9.53 Å². The molecule has 0 radical (unpaired) electrons. The van der Waals surface area contributed by atoms with Gasteiger partial charge in [0.2, 0.25) is 6.10 Å². The molecule has 9 heteroatoms. The van der Waals surface area contributed by atoms with Crippen LogP contribution in [0.3, 0.4) is 0 Å². The minimum absolute atomic E-state index is 0.319. The molecular formula is C23H18ClF4NO3. The minimum Gasteiger partial charge on any atom is -0.457 e. The van der Waals surface area contributed by atoms with E-state index < -0.39 is 46.3 Å². The van der Waals surface area contributed by atoms with Crippen molar-refractivity contribution in [3.63, 3.8) is 0 Å². The van der Waals surface area contributed by atoms with E-state index in [4.69, 9.17) is 21.1 Å². The van der Waals surface area contributed by atoms with Gasteiger partial charge in [-0.05, 0) is 47.7 Å². The van der Waals surface area contributed by atoms with Crippen molar-refractivity contribution in [1.82, 2.24) is 0 Å². The fourth-order valence-corrected chi connectivity index (χ4v) is 3.57. The van der Waals surface area contributed by atoms with E-state index in [1.807, 2.05) is 6.07 Å².